The average molecular weight is 244 g/mol. The molecule has 0 amide bonds. The van der Waals surface area contributed by atoms with Gasteiger partial charge in [0.05, 0.1) is 13.4 Å². The summed E-state index contributed by atoms with van der Waals surface area (Å²) < 4.78 is 12.8. The number of para-hydroxylation sites is 2. The minimum Gasteiger partial charge on any atom is -0.493 e. The van der Waals surface area contributed by atoms with Crippen molar-refractivity contribution in [3.8, 4) is 11.5 Å². The first kappa shape index (κ1) is 12.2. The van der Waals surface area contributed by atoms with Crippen LogP contribution in [0.25, 0.3) is 0 Å². The number of benzene rings is 1. The highest BCUT2D eigenvalue weighted by Gasteiger charge is 2.00. The van der Waals surface area contributed by atoms with E-state index in [9.17, 15) is 0 Å². The molecule has 0 N–H and O–H groups in total. The van der Waals surface area contributed by atoms with Gasteiger partial charge in [0.2, 0.25) is 0 Å². The molecule has 0 aliphatic heterocycles. The van der Waals surface area contributed by atoms with E-state index in [0.29, 0.717) is 6.61 Å². The number of hydrogen-bond acceptors (Lipinski definition) is 3. The number of hydrogen-bond donors (Lipinski definition) is 0. The van der Waals surface area contributed by atoms with E-state index in [-0.39, 0.29) is 0 Å². The number of allylic oxidation sites excluding steroid dienone is 1. The van der Waals surface area contributed by atoms with Crippen molar-refractivity contribution in [3.05, 3.63) is 55.1 Å². The lowest BCUT2D eigenvalue weighted by molar-refractivity contribution is 0.326. The van der Waals surface area contributed by atoms with Crippen LogP contribution in [0, 0.1) is 0 Å². The number of nitrogens with zero attached hydrogens (tertiary/aromatic N) is 2. The third-order valence-electron chi connectivity index (χ3n) is 2.45. The maximum Gasteiger partial charge on any atom is 0.161 e. The van der Waals surface area contributed by atoms with Gasteiger partial charge < -0.3 is 14.0 Å². The minimum atomic E-state index is 0.523. The zero-order valence-electron chi connectivity index (χ0n) is 10.3. The van der Waals surface area contributed by atoms with Crippen molar-refractivity contribution >= 4 is 0 Å². The van der Waals surface area contributed by atoms with Crippen molar-refractivity contribution in [3.63, 3.8) is 0 Å². The SMILES string of the molecule is COc1ccccc1OC/C=C/Cn1ccnc1. The number of methoxy groups -OCH3 is 1. The molecule has 0 atom stereocenters. The summed E-state index contributed by atoms with van der Waals surface area (Å²) in [6.07, 6.45) is 9.49. The molecular weight excluding hydrogens is 228 g/mol. The van der Waals surface area contributed by atoms with Crippen LogP contribution in [0.4, 0.5) is 0 Å². The van der Waals surface area contributed by atoms with Gasteiger partial charge in [-0.1, -0.05) is 18.2 Å². The van der Waals surface area contributed by atoms with E-state index >= 15 is 0 Å². The Kier molecular flexibility index (Phi) is 4.41. The Bertz CT molecular complexity index is 492. The van der Waals surface area contributed by atoms with Crippen molar-refractivity contribution in [1.29, 1.82) is 0 Å². The molecule has 0 saturated heterocycles. The van der Waals surface area contributed by atoms with Crippen LogP contribution in [0.2, 0.25) is 0 Å². The highest BCUT2D eigenvalue weighted by atomic mass is 16.5. The highest BCUT2D eigenvalue weighted by Crippen LogP contribution is 2.25. The third kappa shape index (κ3) is 3.38. The van der Waals surface area contributed by atoms with Crippen LogP contribution < -0.4 is 9.47 Å². The van der Waals surface area contributed by atoms with E-state index in [1.807, 2.05) is 47.2 Å². The molecule has 2 aromatic rings. The second-order valence-electron chi connectivity index (χ2n) is 3.69. The molecule has 1 heterocycles. The monoisotopic (exact) mass is 244 g/mol. The zero-order valence-corrected chi connectivity index (χ0v) is 10.3. The van der Waals surface area contributed by atoms with Crippen molar-refractivity contribution in [2.24, 2.45) is 0 Å². The third-order valence-corrected chi connectivity index (χ3v) is 2.45. The first-order valence-electron chi connectivity index (χ1n) is 5.76. The molecule has 4 nitrogen and oxygen atoms in total. The molecule has 0 aliphatic carbocycles. The topological polar surface area (TPSA) is 36.3 Å². The standard InChI is InChI=1S/C14H16N2O2/c1-17-13-6-2-3-7-14(13)18-11-5-4-9-16-10-8-15-12-16/h2-8,10,12H,9,11H2,1H3/b5-4+. The Morgan fingerprint density at radius 1 is 1.22 bits per heavy atom. The molecule has 1 aromatic heterocycles. The van der Waals surface area contributed by atoms with Crippen molar-refractivity contribution in [2.45, 2.75) is 6.54 Å². The van der Waals surface area contributed by atoms with Gasteiger partial charge in [0, 0.05) is 18.9 Å². The van der Waals surface area contributed by atoms with Gasteiger partial charge in [-0.2, -0.15) is 0 Å². The number of aromatic nitrogens is 2. The van der Waals surface area contributed by atoms with E-state index in [4.69, 9.17) is 9.47 Å². The summed E-state index contributed by atoms with van der Waals surface area (Å²) in [5, 5.41) is 0. The van der Waals surface area contributed by atoms with Crippen molar-refractivity contribution in [1.82, 2.24) is 9.55 Å². The highest BCUT2D eigenvalue weighted by molar-refractivity contribution is 5.39. The molecule has 0 spiro atoms. The Balaban J connectivity index is 1.79. The summed E-state index contributed by atoms with van der Waals surface area (Å²) >= 11 is 0. The number of imidazole rings is 1. The molecule has 2 rings (SSSR count). The fourth-order valence-electron chi connectivity index (χ4n) is 1.53. The van der Waals surface area contributed by atoms with E-state index in [2.05, 4.69) is 4.98 Å². The Morgan fingerprint density at radius 2 is 2.06 bits per heavy atom. The van der Waals surface area contributed by atoms with Crippen LogP contribution in [-0.2, 0) is 6.54 Å². The maximum absolute atomic E-state index is 5.61. The van der Waals surface area contributed by atoms with Gasteiger partial charge in [0.1, 0.15) is 6.61 Å². The molecule has 1 aromatic carbocycles. The van der Waals surface area contributed by atoms with E-state index in [0.717, 1.165) is 18.0 Å². The maximum atomic E-state index is 5.61. The summed E-state index contributed by atoms with van der Waals surface area (Å²) in [7, 11) is 1.64. The first-order chi connectivity index (χ1) is 8.90. The van der Waals surface area contributed by atoms with Gasteiger partial charge in [-0.3, -0.25) is 0 Å². The zero-order chi connectivity index (χ0) is 12.6. The average Bonchev–Trinajstić information content (AvgIpc) is 2.92. The molecule has 0 unspecified atom stereocenters. The predicted octanol–water partition coefficient (Wildman–Crippen LogP) is 2.53. The fraction of sp³-hybridized carbons (Fsp3) is 0.214. The second kappa shape index (κ2) is 6.49. The first-order valence-corrected chi connectivity index (χ1v) is 5.76. The Hall–Kier alpha value is -2.23. The fourth-order valence-corrected chi connectivity index (χ4v) is 1.53. The summed E-state index contributed by atoms with van der Waals surface area (Å²) in [4.78, 5) is 3.97. The number of ether oxygens (including phenoxy) is 2. The smallest absolute Gasteiger partial charge is 0.161 e. The number of rotatable bonds is 6. The lowest BCUT2D eigenvalue weighted by atomic mass is 10.3. The predicted molar refractivity (Wildman–Crippen MR) is 69.9 cm³/mol. The molecule has 0 aliphatic rings. The lowest BCUT2D eigenvalue weighted by Gasteiger charge is -2.08. The molecule has 4 heteroatoms. The lowest BCUT2D eigenvalue weighted by Crippen LogP contribution is -1.97. The molecule has 0 fully saturated rings. The summed E-state index contributed by atoms with van der Waals surface area (Å²) in [6.45, 7) is 1.32. The molecule has 0 radical (unpaired) electrons. The summed E-state index contributed by atoms with van der Waals surface area (Å²) in [5.74, 6) is 1.51. The van der Waals surface area contributed by atoms with Gasteiger partial charge in [-0.05, 0) is 18.2 Å². The van der Waals surface area contributed by atoms with Crippen LogP contribution in [-0.4, -0.2) is 23.3 Å². The van der Waals surface area contributed by atoms with Crippen LogP contribution in [0.1, 0.15) is 0 Å². The van der Waals surface area contributed by atoms with Crippen LogP contribution in [0.3, 0.4) is 0 Å². The van der Waals surface area contributed by atoms with Gasteiger partial charge >= 0.3 is 0 Å². The van der Waals surface area contributed by atoms with Crippen molar-refractivity contribution in [2.75, 3.05) is 13.7 Å². The van der Waals surface area contributed by atoms with Crippen LogP contribution in [0.15, 0.2) is 55.1 Å². The molecule has 94 valence electrons. The molecular formula is C14H16N2O2. The normalized spacial score (nSPS) is 10.7. The second-order valence-corrected chi connectivity index (χ2v) is 3.69. The van der Waals surface area contributed by atoms with Crippen LogP contribution >= 0.6 is 0 Å². The Morgan fingerprint density at radius 3 is 2.78 bits per heavy atom. The van der Waals surface area contributed by atoms with E-state index < -0.39 is 0 Å². The van der Waals surface area contributed by atoms with Crippen molar-refractivity contribution < 1.29 is 9.47 Å². The van der Waals surface area contributed by atoms with Crippen LogP contribution in [0.5, 0.6) is 11.5 Å². The Labute approximate surface area is 106 Å². The van der Waals surface area contributed by atoms with E-state index in [1.165, 1.54) is 0 Å². The minimum absolute atomic E-state index is 0.523. The molecule has 0 saturated carbocycles. The molecule has 0 bridgehead atoms. The summed E-state index contributed by atoms with van der Waals surface area (Å²) in [6, 6.07) is 7.61. The largest absolute Gasteiger partial charge is 0.493 e. The quantitative estimate of drug-likeness (QED) is 0.733. The van der Waals surface area contributed by atoms with E-state index in [1.54, 1.807) is 19.6 Å². The van der Waals surface area contributed by atoms with Gasteiger partial charge in [-0.15, -0.1) is 0 Å². The van der Waals surface area contributed by atoms with Gasteiger partial charge in [0.15, 0.2) is 11.5 Å². The summed E-state index contributed by atoms with van der Waals surface area (Å²) in [5.41, 5.74) is 0. The molecule has 18 heavy (non-hydrogen) atoms. The van der Waals surface area contributed by atoms with Gasteiger partial charge in [0.25, 0.3) is 0 Å². The van der Waals surface area contributed by atoms with Gasteiger partial charge in [-0.25, -0.2) is 4.98 Å².